The molecule has 0 radical (unpaired) electrons. The van der Waals surface area contributed by atoms with Crippen molar-refractivity contribution in [1.82, 2.24) is 5.32 Å². The van der Waals surface area contributed by atoms with E-state index in [1.54, 1.807) is 0 Å². The lowest BCUT2D eigenvalue weighted by molar-refractivity contribution is -0.302. The Balaban J connectivity index is 2.22. The SMILES string of the molecule is CC/C=C\C/C=C\C/C=C\C/C=C\C/C=C\C/C=C\C/C=C\C/C=C\C/C=C\C/C=C\CCCCCCC(=O)NC(COC1OC(CO)C(O)C(O)C1O)C(O)CCCCCCCCCCCCCC. The van der Waals surface area contributed by atoms with Crippen LogP contribution in [0.25, 0.3) is 0 Å². The maximum atomic E-state index is 13.0. The Kier molecular flexibility index (Phi) is 45.4. The first-order chi connectivity index (χ1) is 34.3. The first-order valence-electron chi connectivity index (χ1n) is 27.7. The van der Waals surface area contributed by atoms with Gasteiger partial charge in [0.2, 0.25) is 5.91 Å². The lowest BCUT2D eigenvalue weighted by Crippen LogP contribution is -2.60. The highest BCUT2D eigenvalue weighted by atomic mass is 16.7. The molecule has 7 atom stereocenters. The van der Waals surface area contributed by atoms with Crippen molar-refractivity contribution in [2.45, 2.75) is 243 Å². The summed E-state index contributed by atoms with van der Waals surface area (Å²) in [6.45, 7) is 3.68. The summed E-state index contributed by atoms with van der Waals surface area (Å²) in [6.07, 6.45) is 66.5. The van der Waals surface area contributed by atoms with E-state index >= 15 is 0 Å². The number of hydrogen-bond acceptors (Lipinski definition) is 8. The quantitative estimate of drug-likeness (QED) is 0.0261. The molecule has 70 heavy (non-hydrogen) atoms. The van der Waals surface area contributed by atoms with Gasteiger partial charge in [-0.3, -0.25) is 4.79 Å². The van der Waals surface area contributed by atoms with Gasteiger partial charge in [-0.05, 0) is 89.9 Å². The van der Waals surface area contributed by atoms with Crippen molar-refractivity contribution in [2.24, 2.45) is 0 Å². The number of allylic oxidation sites excluding steroid dienone is 20. The second-order valence-corrected chi connectivity index (χ2v) is 18.6. The number of aliphatic hydroxyl groups excluding tert-OH is 5. The van der Waals surface area contributed by atoms with Crippen molar-refractivity contribution in [1.29, 1.82) is 0 Å². The summed E-state index contributed by atoms with van der Waals surface area (Å²) in [5, 5.41) is 54.5. The highest BCUT2D eigenvalue weighted by Gasteiger charge is 2.44. The van der Waals surface area contributed by atoms with E-state index in [0.717, 1.165) is 116 Å². The van der Waals surface area contributed by atoms with Crippen LogP contribution < -0.4 is 5.32 Å². The van der Waals surface area contributed by atoms with Crippen LogP contribution in [0.3, 0.4) is 0 Å². The van der Waals surface area contributed by atoms with Crippen LogP contribution in [0.2, 0.25) is 0 Å². The molecule has 398 valence electrons. The molecule has 1 saturated heterocycles. The van der Waals surface area contributed by atoms with Gasteiger partial charge in [0.25, 0.3) is 0 Å². The van der Waals surface area contributed by atoms with Gasteiger partial charge in [0.05, 0.1) is 25.4 Å². The average molecular weight is 976 g/mol. The van der Waals surface area contributed by atoms with Crippen molar-refractivity contribution >= 4 is 5.91 Å². The maximum Gasteiger partial charge on any atom is 0.220 e. The van der Waals surface area contributed by atoms with Crippen LogP contribution >= 0.6 is 0 Å². The van der Waals surface area contributed by atoms with Crippen LogP contribution in [0.4, 0.5) is 0 Å². The van der Waals surface area contributed by atoms with Crippen molar-refractivity contribution in [2.75, 3.05) is 13.2 Å². The molecule has 9 nitrogen and oxygen atoms in total. The number of unbranched alkanes of at least 4 members (excludes halogenated alkanes) is 15. The summed E-state index contributed by atoms with van der Waals surface area (Å²) in [6, 6.07) is -0.741. The fraction of sp³-hybridized carbons (Fsp3) is 0.656. The van der Waals surface area contributed by atoms with Crippen molar-refractivity contribution in [3.05, 3.63) is 122 Å². The smallest absolute Gasteiger partial charge is 0.220 e. The molecule has 1 aliphatic heterocycles. The fourth-order valence-corrected chi connectivity index (χ4v) is 7.95. The Hall–Kier alpha value is -3.41. The zero-order valence-corrected chi connectivity index (χ0v) is 44.0. The first-order valence-corrected chi connectivity index (χ1v) is 27.7. The van der Waals surface area contributed by atoms with Gasteiger partial charge in [-0.15, -0.1) is 0 Å². The Morgan fingerprint density at radius 1 is 0.500 bits per heavy atom. The molecule has 1 heterocycles. The van der Waals surface area contributed by atoms with Crippen LogP contribution in [-0.4, -0.2) is 87.5 Å². The molecule has 1 rings (SSSR count). The molecule has 0 bridgehead atoms. The maximum absolute atomic E-state index is 13.0. The van der Waals surface area contributed by atoms with Gasteiger partial charge < -0.3 is 40.3 Å². The summed E-state index contributed by atoms with van der Waals surface area (Å²) in [7, 11) is 0. The number of ether oxygens (including phenoxy) is 2. The van der Waals surface area contributed by atoms with Gasteiger partial charge in [-0.25, -0.2) is 0 Å². The van der Waals surface area contributed by atoms with E-state index in [1.807, 2.05) is 0 Å². The monoisotopic (exact) mass is 976 g/mol. The van der Waals surface area contributed by atoms with Gasteiger partial charge in [0.1, 0.15) is 24.4 Å². The standard InChI is InChI=1S/C61H101NO8/c1-3-5-7-9-11-13-15-17-18-19-20-21-22-23-24-25-26-27-28-29-30-31-32-33-34-35-36-37-38-39-41-43-45-47-49-51-57(65)62-54(53-69-61-60(68)59(67)58(66)56(52-63)70-61)55(64)50-48-46-44-42-40-16-14-12-10-8-6-4-2/h5,7,11,13,17-18,20-21,23-24,26-27,29-30,32-33,35-36,38-39,54-56,58-61,63-64,66-68H,3-4,6,8-10,12,14-16,19,22,25,28,31,34,37,40-53H2,1-2H3,(H,62,65)/b7-5-,13-11-,18-17-,21-20-,24-23-,27-26-,30-29-,33-32-,36-35-,39-38-. The molecule has 7 unspecified atom stereocenters. The van der Waals surface area contributed by atoms with Gasteiger partial charge in [-0.1, -0.05) is 225 Å². The highest BCUT2D eigenvalue weighted by molar-refractivity contribution is 5.76. The largest absolute Gasteiger partial charge is 0.394 e. The predicted octanol–water partition coefficient (Wildman–Crippen LogP) is 13.6. The van der Waals surface area contributed by atoms with Crippen LogP contribution in [0.1, 0.15) is 200 Å². The molecule has 6 N–H and O–H groups in total. The number of aliphatic hydroxyl groups is 5. The minimum atomic E-state index is -1.56. The molecular weight excluding hydrogens is 875 g/mol. The van der Waals surface area contributed by atoms with E-state index in [2.05, 4.69) is 141 Å². The fourth-order valence-electron chi connectivity index (χ4n) is 7.95. The van der Waals surface area contributed by atoms with E-state index in [0.29, 0.717) is 12.8 Å². The van der Waals surface area contributed by atoms with Crippen LogP contribution in [0.5, 0.6) is 0 Å². The van der Waals surface area contributed by atoms with E-state index in [1.165, 1.54) is 57.8 Å². The molecule has 0 aromatic rings. The number of amides is 1. The summed E-state index contributed by atoms with van der Waals surface area (Å²) in [4.78, 5) is 13.0. The molecule has 0 saturated carbocycles. The summed E-state index contributed by atoms with van der Waals surface area (Å²) >= 11 is 0. The average Bonchev–Trinajstić information content (AvgIpc) is 3.36. The number of carbonyl (C=O) groups excluding carboxylic acids is 1. The zero-order valence-electron chi connectivity index (χ0n) is 44.0. The lowest BCUT2D eigenvalue weighted by atomic mass is 9.99. The molecule has 0 spiro atoms. The number of nitrogens with one attached hydrogen (secondary N) is 1. The third kappa shape index (κ3) is 38.3. The van der Waals surface area contributed by atoms with Crippen LogP contribution in [-0.2, 0) is 14.3 Å². The van der Waals surface area contributed by atoms with Crippen LogP contribution in [0.15, 0.2) is 122 Å². The molecule has 1 amide bonds. The minimum absolute atomic E-state index is 0.156. The van der Waals surface area contributed by atoms with Crippen molar-refractivity contribution < 1.29 is 39.8 Å². The Bertz CT molecular complexity index is 1510. The third-order valence-corrected chi connectivity index (χ3v) is 12.3. The molecule has 9 heteroatoms. The van der Waals surface area contributed by atoms with E-state index < -0.39 is 49.5 Å². The lowest BCUT2D eigenvalue weighted by Gasteiger charge is -2.40. The normalized spacial score (nSPS) is 20.4. The number of carbonyl (C=O) groups is 1. The van der Waals surface area contributed by atoms with E-state index in [4.69, 9.17) is 9.47 Å². The number of hydrogen-bond donors (Lipinski definition) is 6. The molecule has 0 aliphatic carbocycles. The van der Waals surface area contributed by atoms with Gasteiger partial charge in [-0.2, -0.15) is 0 Å². The van der Waals surface area contributed by atoms with E-state index in [-0.39, 0.29) is 12.5 Å². The second kappa shape index (κ2) is 49.2. The zero-order chi connectivity index (χ0) is 50.8. The Morgan fingerprint density at radius 2 is 0.886 bits per heavy atom. The third-order valence-electron chi connectivity index (χ3n) is 12.3. The van der Waals surface area contributed by atoms with E-state index in [9.17, 15) is 30.3 Å². The minimum Gasteiger partial charge on any atom is -0.394 e. The van der Waals surface area contributed by atoms with Crippen molar-refractivity contribution in [3.63, 3.8) is 0 Å². The topological polar surface area (TPSA) is 149 Å². The van der Waals surface area contributed by atoms with Crippen LogP contribution in [0, 0.1) is 0 Å². The molecular formula is C61H101NO8. The molecule has 0 aromatic heterocycles. The molecule has 0 aromatic carbocycles. The second-order valence-electron chi connectivity index (χ2n) is 18.6. The number of rotatable bonds is 45. The Morgan fingerprint density at radius 3 is 1.31 bits per heavy atom. The highest BCUT2D eigenvalue weighted by Crippen LogP contribution is 2.23. The summed E-state index contributed by atoms with van der Waals surface area (Å²) in [5.41, 5.74) is 0. The molecule has 1 fully saturated rings. The molecule has 1 aliphatic rings. The van der Waals surface area contributed by atoms with Gasteiger partial charge in [0, 0.05) is 6.42 Å². The van der Waals surface area contributed by atoms with Gasteiger partial charge in [0.15, 0.2) is 6.29 Å². The summed E-state index contributed by atoms with van der Waals surface area (Å²) in [5.74, 6) is -0.175. The van der Waals surface area contributed by atoms with Crippen molar-refractivity contribution in [3.8, 4) is 0 Å². The predicted molar refractivity (Wildman–Crippen MR) is 294 cm³/mol. The summed E-state index contributed by atoms with van der Waals surface area (Å²) < 4.78 is 11.3. The van der Waals surface area contributed by atoms with Gasteiger partial charge >= 0.3 is 0 Å². The first kappa shape index (κ1) is 64.6. The Labute approximate surface area is 427 Å².